The highest BCUT2D eigenvalue weighted by molar-refractivity contribution is 5.99. The van der Waals surface area contributed by atoms with Crippen molar-refractivity contribution in [2.45, 2.75) is 6.61 Å². The number of esters is 1. The van der Waals surface area contributed by atoms with E-state index >= 15 is 0 Å². The predicted molar refractivity (Wildman–Crippen MR) is 98.2 cm³/mol. The second-order valence-electron chi connectivity index (χ2n) is 5.81. The summed E-state index contributed by atoms with van der Waals surface area (Å²) in [5.74, 6) is -0.830. The number of Topliss-reactive ketones (excluding diaryl/α,β-unsaturated/α-hetero) is 1. The van der Waals surface area contributed by atoms with E-state index < -0.39 is 24.2 Å². The summed E-state index contributed by atoms with van der Waals surface area (Å²) in [4.78, 5) is 24.0. The van der Waals surface area contributed by atoms with E-state index in [1.807, 2.05) is 30.3 Å². The summed E-state index contributed by atoms with van der Waals surface area (Å²) in [6.07, 6.45) is 0. The second kappa shape index (κ2) is 8.76. The minimum atomic E-state index is -0.615. The molecule has 0 aliphatic rings. The smallest absolute Gasteiger partial charge is 0.338 e. The molecule has 0 saturated carbocycles. The third-order valence-electron chi connectivity index (χ3n) is 3.82. The third kappa shape index (κ3) is 5.25. The lowest BCUT2D eigenvalue weighted by Gasteiger charge is -2.07. The van der Waals surface area contributed by atoms with Crippen LogP contribution in [0.25, 0.3) is 0 Å². The highest BCUT2D eigenvalue weighted by Crippen LogP contribution is 2.13. The molecule has 0 aliphatic heterocycles. The van der Waals surface area contributed by atoms with Gasteiger partial charge in [0.25, 0.3) is 0 Å². The number of halogens is 1. The fourth-order valence-electron chi connectivity index (χ4n) is 2.38. The van der Waals surface area contributed by atoms with E-state index in [1.165, 1.54) is 18.2 Å². The van der Waals surface area contributed by atoms with Crippen LogP contribution in [0.2, 0.25) is 0 Å². The Labute approximate surface area is 156 Å². The van der Waals surface area contributed by atoms with Crippen LogP contribution in [-0.2, 0) is 11.3 Å². The van der Waals surface area contributed by atoms with Crippen LogP contribution in [0.3, 0.4) is 0 Å². The van der Waals surface area contributed by atoms with Crippen LogP contribution >= 0.6 is 0 Å². The van der Waals surface area contributed by atoms with Gasteiger partial charge in [0, 0.05) is 5.56 Å². The molecule has 0 atom stereocenters. The maximum absolute atomic E-state index is 13.1. The Kier molecular flexibility index (Phi) is 5.94. The van der Waals surface area contributed by atoms with Gasteiger partial charge in [-0.05, 0) is 42.0 Å². The molecule has 0 fully saturated rings. The van der Waals surface area contributed by atoms with Crippen molar-refractivity contribution >= 4 is 11.8 Å². The fraction of sp³-hybridized carbons (Fsp3) is 0.0909. The van der Waals surface area contributed by atoms with E-state index in [2.05, 4.69) is 0 Å². The molecule has 0 saturated heterocycles. The largest absolute Gasteiger partial charge is 0.489 e. The number of benzene rings is 3. The standard InChI is InChI=1S/C22H17FO4/c23-19-6-4-5-18(13-19)21(24)15-27-22(25)17-11-9-16(10-12-17)14-26-20-7-2-1-3-8-20/h1-13H,14-15H2. The van der Waals surface area contributed by atoms with Gasteiger partial charge in [0.1, 0.15) is 18.2 Å². The number of hydrogen-bond donors (Lipinski definition) is 0. The summed E-state index contributed by atoms with van der Waals surface area (Å²) < 4.78 is 23.8. The molecule has 0 bridgehead atoms. The van der Waals surface area contributed by atoms with E-state index in [4.69, 9.17) is 9.47 Å². The lowest BCUT2D eigenvalue weighted by molar-refractivity contribution is 0.0474. The Morgan fingerprint density at radius 3 is 2.26 bits per heavy atom. The Bertz CT molecular complexity index is 921. The van der Waals surface area contributed by atoms with Crippen molar-refractivity contribution in [1.82, 2.24) is 0 Å². The summed E-state index contributed by atoms with van der Waals surface area (Å²) in [6.45, 7) is -0.0709. The highest BCUT2D eigenvalue weighted by atomic mass is 19.1. The molecule has 0 unspecified atom stereocenters. The normalized spacial score (nSPS) is 10.3. The van der Waals surface area contributed by atoms with Crippen molar-refractivity contribution in [1.29, 1.82) is 0 Å². The SMILES string of the molecule is O=C(COC(=O)c1ccc(COc2ccccc2)cc1)c1cccc(F)c1. The Balaban J connectivity index is 1.52. The molecule has 5 heteroatoms. The van der Waals surface area contributed by atoms with Crippen LogP contribution in [0.5, 0.6) is 5.75 Å². The second-order valence-corrected chi connectivity index (χ2v) is 5.81. The Morgan fingerprint density at radius 2 is 1.56 bits per heavy atom. The van der Waals surface area contributed by atoms with E-state index in [0.29, 0.717) is 12.2 Å². The first-order valence-corrected chi connectivity index (χ1v) is 8.34. The molecule has 3 aromatic carbocycles. The first-order valence-electron chi connectivity index (χ1n) is 8.34. The Hall–Kier alpha value is -3.47. The molecule has 3 rings (SSSR count). The molecule has 0 radical (unpaired) electrons. The van der Waals surface area contributed by atoms with Crippen LogP contribution in [-0.4, -0.2) is 18.4 Å². The number of hydrogen-bond acceptors (Lipinski definition) is 4. The lowest BCUT2D eigenvalue weighted by atomic mass is 10.1. The van der Waals surface area contributed by atoms with Gasteiger partial charge in [-0.25, -0.2) is 9.18 Å². The van der Waals surface area contributed by atoms with Crippen LogP contribution < -0.4 is 4.74 Å². The minimum absolute atomic E-state index is 0.163. The predicted octanol–water partition coefficient (Wildman–Crippen LogP) is 4.44. The topological polar surface area (TPSA) is 52.6 Å². The van der Waals surface area contributed by atoms with Crippen LogP contribution in [0.15, 0.2) is 78.9 Å². The number of carbonyl (C=O) groups excluding carboxylic acids is 2. The van der Waals surface area contributed by atoms with E-state index in [9.17, 15) is 14.0 Å². The van der Waals surface area contributed by atoms with E-state index in [1.54, 1.807) is 24.3 Å². The zero-order chi connectivity index (χ0) is 19.1. The summed E-state index contributed by atoms with van der Waals surface area (Å²) >= 11 is 0. The van der Waals surface area contributed by atoms with Gasteiger partial charge in [0.05, 0.1) is 5.56 Å². The van der Waals surface area contributed by atoms with Crippen molar-refractivity contribution in [2.24, 2.45) is 0 Å². The van der Waals surface area contributed by atoms with Crippen LogP contribution in [0.1, 0.15) is 26.3 Å². The molecule has 0 heterocycles. The van der Waals surface area contributed by atoms with Gasteiger partial charge in [-0.2, -0.15) is 0 Å². The van der Waals surface area contributed by atoms with Gasteiger partial charge in [0.2, 0.25) is 0 Å². The van der Waals surface area contributed by atoms with Gasteiger partial charge < -0.3 is 9.47 Å². The molecule has 136 valence electrons. The molecule has 0 aromatic heterocycles. The average Bonchev–Trinajstić information content (AvgIpc) is 2.71. The molecular formula is C22H17FO4. The van der Waals surface area contributed by atoms with Gasteiger partial charge in [-0.15, -0.1) is 0 Å². The van der Waals surface area contributed by atoms with Crippen molar-refractivity contribution in [2.75, 3.05) is 6.61 Å². The van der Waals surface area contributed by atoms with Crippen molar-refractivity contribution in [3.63, 3.8) is 0 Å². The van der Waals surface area contributed by atoms with Crippen LogP contribution in [0.4, 0.5) is 4.39 Å². The van der Waals surface area contributed by atoms with Gasteiger partial charge in [-0.1, -0.05) is 42.5 Å². The number of carbonyl (C=O) groups is 2. The minimum Gasteiger partial charge on any atom is -0.489 e. The number of ketones is 1. The maximum Gasteiger partial charge on any atom is 0.338 e. The number of ether oxygens (including phenoxy) is 2. The maximum atomic E-state index is 13.1. The van der Waals surface area contributed by atoms with Gasteiger partial charge in [-0.3, -0.25) is 4.79 Å². The number of rotatable bonds is 7. The zero-order valence-electron chi connectivity index (χ0n) is 14.4. The molecule has 0 N–H and O–H groups in total. The molecule has 0 spiro atoms. The van der Waals surface area contributed by atoms with Crippen LogP contribution in [0, 0.1) is 5.82 Å². The van der Waals surface area contributed by atoms with Gasteiger partial charge in [0.15, 0.2) is 12.4 Å². The van der Waals surface area contributed by atoms with E-state index in [0.717, 1.165) is 17.4 Å². The van der Waals surface area contributed by atoms with Crippen molar-refractivity contribution in [3.05, 3.63) is 101 Å². The summed E-state index contributed by atoms with van der Waals surface area (Å²) in [5, 5.41) is 0. The molecule has 0 aliphatic carbocycles. The highest BCUT2D eigenvalue weighted by Gasteiger charge is 2.12. The first-order chi connectivity index (χ1) is 13.1. The van der Waals surface area contributed by atoms with Crippen molar-refractivity contribution < 1.29 is 23.5 Å². The van der Waals surface area contributed by atoms with Gasteiger partial charge >= 0.3 is 5.97 Å². The summed E-state index contributed by atoms with van der Waals surface area (Å²) in [5.41, 5.74) is 1.38. The zero-order valence-corrected chi connectivity index (χ0v) is 14.4. The van der Waals surface area contributed by atoms with E-state index in [-0.39, 0.29) is 5.56 Å². The average molecular weight is 364 g/mol. The molecule has 27 heavy (non-hydrogen) atoms. The lowest BCUT2D eigenvalue weighted by Crippen LogP contribution is -2.14. The monoisotopic (exact) mass is 364 g/mol. The first kappa shape index (κ1) is 18.3. The fourth-order valence-corrected chi connectivity index (χ4v) is 2.38. The van der Waals surface area contributed by atoms with Crippen molar-refractivity contribution in [3.8, 4) is 5.75 Å². The summed E-state index contributed by atoms with van der Waals surface area (Å²) in [7, 11) is 0. The summed E-state index contributed by atoms with van der Waals surface area (Å²) in [6, 6.07) is 21.4. The molecule has 4 nitrogen and oxygen atoms in total. The molecular weight excluding hydrogens is 347 g/mol. The molecule has 0 amide bonds. The quantitative estimate of drug-likeness (QED) is 0.459. The Morgan fingerprint density at radius 1 is 0.815 bits per heavy atom. The third-order valence-corrected chi connectivity index (χ3v) is 3.82. The molecule has 3 aromatic rings. The number of para-hydroxylation sites is 1.